The van der Waals surface area contributed by atoms with Crippen molar-refractivity contribution >= 4 is 6.09 Å². The minimum Gasteiger partial charge on any atom is -0.444 e. The second kappa shape index (κ2) is 6.57. The first-order valence-electron chi connectivity index (χ1n) is 6.63. The molecule has 0 heterocycles. The maximum absolute atomic E-state index is 11.7. The van der Waals surface area contributed by atoms with Gasteiger partial charge in [0.15, 0.2) is 0 Å². The van der Waals surface area contributed by atoms with E-state index in [0.29, 0.717) is 13.0 Å². The average molecular weight is 275 g/mol. The number of rotatable bonds is 6. The molecule has 0 aromatic heterocycles. The van der Waals surface area contributed by atoms with Crippen molar-refractivity contribution in [2.75, 3.05) is 13.2 Å². The van der Waals surface area contributed by atoms with Gasteiger partial charge in [-0.2, -0.15) is 0 Å². The fraction of sp³-hybridized carbons (Fsp3) is 0.929. The van der Waals surface area contributed by atoms with E-state index < -0.39 is 22.8 Å². The Morgan fingerprint density at radius 3 is 2.05 bits per heavy atom. The van der Waals surface area contributed by atoms with Gasteiger partial charge in [-0.1, -0.05) is 0 Å². The molecule has 0 radical (unpaired) electrons. The molecule has 0 atom stereocenters. The molecular weight excluding hydrogens is 246 g/mol. The number of hydrogen-bond donors (Lipinski definition) is 2. The van der Waals surface area contributed by atoms with Crippen LogP contribution in [-0.2, 0) is 9.47 Å². The summed E-state index contributed by atoms with van der Waals surface area (Å²) in [6, 6.07) is 0. The SMILES string of the molecule is CC(C)(CCOC(C)(C)CO)NC(=O)OC(C)(C)C. The fourth-order valence-corrected chi connectivity index (χ4v) is 1.27. The summed E-state index contributed by atoms with van der Waals surface area (Å²) < 4.78 is 10.8. The second-order valence-electron chi connectivity index (χ2n) is 7.03. The Balaban J connectivity index is 4.15. The van der Waals surface area contributed by atoms with E-state index in [-0.39, 0.29) is 6.61 Å². The van der Waals surface area contributed by atoms with Crippen LogP contribution in [0, 0.1) is 0 Å². The van der Waals surface area contributed by atoms with Crippen molar-refractivity contribution in [3.63, 3.8) is 0 Å². The molecule has 5 nitrogen and oxygen atoms in total. The molecule has 2 N–H and O–H groups in total. The lowest BCUT2D eigenvalue weighted by Gasteiger charge is -2.30. The van der Waals surface area contributed by atoms with E-state index in [2.05, 4.69) is 5.32 Å². The van der Waals surface area contributed by atoms with Gasteiger partial charge in [0, 0.05) is 12.1 Å². The topological polar surface area (TPSA) is 67.8 Å². The first-order chi connectivity index (χ1) is 8.37. The van der Waals surface area contributed by atoms with Crippen LogP contribution in [0.4, 0.5) is 4.79 Å². The summed E-state index contributed by atoms with van der Waals surface area (Å²) in [6.45, 7) is 13.4. The number of hydrogen-bond acceptors (Lipinski definition) is 4. The summed E-state index contributed by atoms with van der Waals surface area (Å²) in [5.41, 5.74) is -1.48. The summed E-state index contributed by atoms with van der Waals surface area (Å²) in [5, 5.41) is 11.9. The van der Waals surface area contributed by atoms with Crippen LogP contribution in [-0.4, -0.2) is 41.2 Å². The molecule has 0 unspecified atom stereocenters. The second-order valence-corrected chi connectivity index (χ2v) is 7.03. The maximum atomic E-state index is 11.7. The Labute approximate surface area is 116 Å². The molecule has 19 heavy (non-hydrogen) atoms. The Morgan fingerprint density at radius 2 is 1.63 bits per heavy atom. The monoisotopic (exact) mass is 275 g/mol. The zero-order valence-electron chi connectivity index (χ0n) is 13.3. The smallest absolute Gasteiger partial charge is 0.408 e. The molecule has 0 aliphatic heterocycles. The zero-order valence-corrected chi connectivity index (χ0v) is 13.3. The van der Waals surface area contributed by atoms with E-state index in [1.165, 1.54) is 0 Å². The number of carbonyl (C=O) groups excluding carboxylic acids is 1. The van der Waals surface area contributed by atoms with E-state index in [9.17, 15) is 4.79 Å². The van der Waals surface area contributed by atoms with Crippen molar-refractivity contribution in [2.24, 2.45) is 0 Å². The highest BCUT2D eigenvalue weighted by Gasteiger charge is 2.25. The van der Waals surface area contributed by atoms with Gasteiger partial charge in [-0.3, -0.25) is 0 Å². The lowest BCUT2D eigenvalue weighted by molar-refractivity contribution is -0.0590. The molecule has 0 spiro atoms. The molecule has 0 aliphatic carbocycles. The number of aliphatic hydroxyl groups excluding tert-OH is 1. The highest BCUT2D eigenvalue weighted by Crippen LogP contribution is 2.15. The molecule has 0 rings (SSSR count). The normalized spacial score (nSPS) is 13.3. The van der Waals surface area contributed by atoms with Crippen molar-refractivity contribution in [3.8, 4) is 0 Å². The average Bonchev–Trinajstić information content (AvgIpc) is 2.12. The van der Waals surface area contributed by atoms with E-state index in [0.717, 1.165) is 0 Å². The molecule has 0 saturated heterocycles. The lowest BCUT2D eigenvalue weighted by atomic mass is 10.0. The Morgan fingerprint density at radius 1 is 1.11 bits per heavy atom. The fourth-order valence-electron chi connectivity index (χ4n) is 1.27. The van der Waals surface area contributed by atoms with Crippen molar-refractivity contribution in [3.05, 3.63) is 0 Å². The predicted molar refractivity (Wildman–Crippen MR) is 75.2 cm³/mol. The van der Waals surface area contributed by atoms with Gasteiger partial charge in [-0.25, -0.2) is 4.79 Å². The van der Waals surface area contributed by atoms with Gasteiger partial charge in [0.2, 0.25) is 0 Å². The predicted octanol–water partition coefficient (Wildman–Crippen LogP) is 2.47. The third-order valence-electron chi connectivity index (χ3n) is 2.44. The molecule has 0 fully saturated rings. The van der Waals surface area contributed by atoms with Crippen molar-refractivity contribution < 1.29 is 19.4 Å². The van der Waals surface area contributed by atoms with Gasteiger partial charge in [0.1, 0.15) is 5.60 Å². The van der Waals surface area contributed by atoms with Crippen LogP contribution >= 0.6 is 0 Å². The summed E-state index contributed by atoms with van der Waals surface area (Å²) in [6.07, 6.45) is 0.203. The first-order valence-corrected chi connectivity index (χ1v) is 6.63. The van der Waals surface area contributed by atoms with Crippen LogP contribution in [0.15, 0.2) is 0 Å². The summed E-state index contributed by atoms with van der Waals surface area (Å²) in [5.74, 6) is 0. The molecular formula is C14H29NO4. The van der Waals surface area contributed by atoms with Crippen LogP contribution in [0.3, 0.4) is 0 Å². The minimum atomic E-state index is -0.554. The van der Waals surface area contributed by atoms with Crippen molar-refractivity contribution in [1.82, 2.24) is 5.32 Å². The van der Waals surface area contributed by atoms with Crippen molar-refractivity contribution in [1.29, 1.82) is 0 Å². The van der Waals surface area contributed by atoms with Crippen LogP contribution in [0.2, 0.25) is 0 Å². The third-order valence-corrected chi connectivity index (χ3v) is 2.44. The van der Waals surface area contributed by atoms with E-state index in [4.69, 9.17) is 14.6 Å². The highest BCUT2D eigenvalue weighted by molar-refractivity contribution is 5.68. The summed E-state index contributed by atoms with van der Waals surface area (Å²) in [4.78, 5) is 11.7. The Hall–Kier alpha value is -0.810. The minimum absolute atomic E-state index is 0.0348. The molecule has 0 saturated carbocycles. The van der Waals surface area contributed by atoms with Crippen molar-refractivity contribution in [2.45, 2.75) is 71.6 Å². The summed E-state index contributed by atoms with van der Waals surface area (Å²) >= 11 is 0. The van der Waals surface area contributed by atoms with Crippen LogP contribution in [0.1, 0.15) is 54.9 Å². The standard InChI is InChI=1S/C14H29NO4/c1-12(2,3)19-11(17)15-13(4,5)8-9-18-14(6,7)10-16/h16H,8-10H2,1-7H3,(H,15,17). The van der Waals surface area contributed by atoms with E-state index in [1.54, 1.807) is 0 Å². The lowest BCUT2D eigenvalue weighted by Crippen LogP contribution is -2.47. The molecule has 0 aliphatic rings. The van der Waals surface area contributed by atoms with Crippen LogP contribution in [0.25, 0.3) is 0 Å². The van der Waals surface area contributed by atoms with Crippen LogP contribution < -0.4 is 5.32 Å². The van der Waals surface area contributed by atoms with Crippen LogP contribution in [0.5, 0.6) is 0 Å². The van der Waals surface area contributed by atoms with E-state index >= 15 is 0 Å². The highest BCUT2D eigenvalue weighted by atomic mass is 16.6. The Bertz CT molecular complexity index is 292. The van der Waals surface area contributed by atoms with Gasteiger partial charge < -0.3 is 19.9 Å². The number of nitrogens with one attached hydrogen (secondary N) is 1. The van der Waals surface area contributed by atoms with Gasteiger partial charge in [-0.05, 0) is 54.9 Å². The number of amides is 1. The number of aliphatic hydroxyl groups is 1. The number of alkyl carbamates (subject to hydrolysis) is 1. The van der Waals surface area contributed by atoms with E-state index in [1.807, 2.05) is 48.5 Å². The first kappa shape index (κ1) is 18.2. The number of carbonyl (C=O) groups is 1. The van der Waals surface area contributed by atoms with Gasteiger partial charge >= 0.3 is 6.09 Å². The van der Waals surface area contributed by atoms with Gasteiger partial charge in [0.05, 0.1) is 12.2 Å². The molecule has 5 heteroatoms. The molecule has 0 aromatic carbocycles. The summed E-state index contributed by atoms with van der Waals surface area (Å²) in [7, 11) is 0. The molecule has 114 valence electrons. The quantitative estimate of drug-likeness (QED) is 0.781. The molecule has 0 bridgehead atoms. The maximum Gasteiger partial charge on any atom is 0.408 e. The zero-order chi connectivity index (χ0) is 15.3. The molecule has 0 aromatic rings. The third kappa shape index (κ3) is 9.73. The largest absolute Gasteiger partial charge is 0.444 e. The molecule has 1 amide bonds. The number of ether oxygens (including phenoxy) is 2. The van der Waals surface area contributed by atoms with Gasteiger partial charge in [-0.15, -0.1) is 0 Å². The Kier molecular flexibility index (Phi) is 6.29. The van der Waals surface area contributed by atoms with Gasteiger partial charge in [0.25, 0.3) is 0 Å².